The maximum absolute atomic E-state index is 14.4. The van der Waals surface area contributed by atoms with Gasteiger partial charge in [-0.1, -0.05) is 11.6 Å². The lowest BCUT2D eigenvalue weighted by Gasteiger charge is -2.24. The van der Waals surface area contributed by atoms with Gasteiger partial charge in [-0.3, -0.25) is 14.6 Å². The van der Waals surface area contributed by atoms with Crippen molar-refractivity contribution in [2.24, 2.45) is 0 Å². The van der Waals surface area contributed by atoms with Gasteiger partial charge in [-0.15, -0.1) is 0 Å². The van der Waals surface area contributed by atoms with Crippen molar-refractivity contribution in [1.29, 1.82) is 0 Å². The first-order valence-corrected chi connectivity index (χ1v) is 11.6. The van der Waals surface area contributed by atoms with E-state index in [1.54, 1.807) is 0 Å². The zero-order valence-electron chi connectivity index (χ0n) is 19.6. The minimum atomic E-state index is -4.62. The molecule has 1 fully saturated rings. The second kappa shape index (κ2) is 9.35. The van der Waals surface area contributed by atoms with Gasteiger partial charge in [0.05, 0.1) is 35.4 Å². The third-order valence-electron chi connectivity index (χ3n) is 6.30. The highest BCUT2D eigenvalue weighted by Gasteiger charge is 2.40. The van der Waals surface area contributed by atoms with Gasteiger partial charge in [0.1, 0.15) is 41.7 Å². The minimum Gasteiger partial charge on any atom is -0.383 e. The van der Waals surface area contributed by atoms with Crippen LogP contribution in [0.5, 0.6) is 0 Å². The van der Waals surface area contributed by atoms with E-state index < -0.39 is 42.3 Å². The predicted molar refractivity (Wildman–Crippen MR) is 130 cm³/mol. The lowest BCUT2D eigenvalue weighted by molar-refractivity contribution is -0.137. The molecule has 5 rings (SSSR count). The van der Waals surface area contributed by atoms with E-state index in [1.165, 1.54) is 23.9 Å². The molecule has 0 saturated carbocycles. The molecule has 3 aromatic heterocycles. The van der Waals surface area contributed by atoms with Crippen LogP contribution in [0.1, 0.15) is 17.5 Å². The Hall–Kier alpha value is -4.07. The number of benzene rings is 1. The summed E-state index contributed by atoms with van der Waals surface area (Å²) in [4.78, 5) is 43.2. The first kappa shape index (κ1) is 25.6. The Balaban J connectivity index is 1.52. The number of nitrogens with one attached hydrogen (secondary N) is 1. The number of aromatic nitrogens is 5. The normalized spacial score (nSPS) is 17.9. The molecule has 0 radical (unpaired) electrons. The van der Waals surface area contributed by atoms with Gasteiger partial charge in [0.15, 0.2) is 5.82 Å². The Kier molecular flexibility index (Phi) is 6.29. The van der Waals surface area contributed by atoms with Gasteiger partial charge in [0, 0.05) is 11.8 Å². The number of halogens is 5. The van der Waals surface area contributed by atoms with Crippen LogP contribution in [0.25, 0.3) is 21.9 Å². The van der Waals surface area contributed by atoms with Crippen molar-refractivity contribution >= 4 is 57.0 Å². The highest BCUT2D eigenvalue weighted by atomic mass is 35.5. The Morgan fingerprint density at radius 3 is 2.71 bits per heavy atom. The van der Waals surface area contributed by atoms with Crippen LogP contribution in [0, 0.1) is 6.92 Å². The molecule has 1 aliphatic heterocycles. The molecular weight excluding hydrogens is 532 g/mol. The Labute approximate surface area is 216 Å². The molecule has 0 spiro atoms. The number of fused-ring (bicyclic) bond motifs is 3. The molecule has 3 N–H and O–H groups in total. The molecular formula is C23H19ClF4N8O2. The van der Waals surface area contributed by atoms with E-state index in [9.17, 15) is 27.2 Å². The number of anilines is 2. The van der Waals surface area contributed by atoms with Crippen molar-refractivity contribution in [1.82, 2.24) is 29.4 Å². The second-order valence-electron chi connectivity index (χ2n) is 8.84. The number of amides is 2. The molecule has 0 aliphatic carbocycles. The van der Waals surface area contributed by atoms with Gasteiger partial charge in [-0.2, -0.15) is 13.2 Å². The fourth-order valence-corrected chi connectivity index (χ4v) is 4.90. The molecule has 1 aliphatic rings. The molecule has 4 heterocycles. The van der Waals surface area contributed by atoms with Crippen molar-refractivity contribution < 1.29 is 27.2 Å². The number of nitrogen functional groups attached to an aromatic ring is 1. The SMILES string of the molecule is Cc1cc(C(F)(F)F)cc2c3c(N)ncnc3n(CC(=O)N3C[C@H](F)C[C@H]3C(=O)Nc3cncc(Cl)n3)c12. The molecule has 1 aromatic carbocycles. The topological polar surface area (TPSA) is 132 Å². The summed E-state index contributed by atoms with van der Waals surface area (Å²) in [5, 5.41) is 2.78. The van der Waals surface area contributed by atoms with E-state index in [0.717, 1.165) is 23.4 Å². The number of hydrogen-bond donors (Lipinski definition) is 2. The fourth-order valence-electron chi connectivity index (χ4n) is 4.75. The van der Waals surface area contributed by atoms with Crippen LogP contribution in [0.15, 0.2) is 30.9 Å². The average molecular weight is 551 g/mol. The number of likely N-dealkylation sites (tertiary alicyclic amines) is 1. The first-order chi connectivity index (χ1) is 17.9. The van der Waals surface area contributed by atoms with Crippen LogP contribution >= 0.6 is 11.6 Å². The lowest BCUT2D eigenvalue weighted by Crippen LogP contribution is -2.44. The number of nitrogens with two attached hydrogens (primary N) is 1. The number of rotatable bonds is 4. The summed E-state index contributed by atoms with van der Waals surface area (Å²) in [7, 11) is 0. The summed E-state index contributed by atoms with van der Waals surface area (Å²) >= 11 is 5.79. The highest BCUT2D eigenvalue weighted by molar-refractivity contribution is 6.29. The van der Waals surface area contributed by atoms with Crippen LogP contribution in [0.4, 0.5) is 29.2 Å². The van der Waals surface area contributed by atoms with Gasteiger partial charge < -0.3 is 20.5 Å². The summed E-state index contributed by atoms with van der Waals surface area (Å²) in [5.41, 5.74) is 5.75. The van der Waals surface area contributed by atoms with E-state index in [-0.39, 0.29) is 51.7 Å². The largest absolute Gasteiger partial charge is 0.416 e. The van der Waals surface area contributed by atoms with Crippen molar-refractivity contribution in [3.8, 4) is 0 Å². The second-order valence-corrected chi connectivity index (χ2v) is 9.23. The molecule has 198 valence electrons. The molecule has 2 amide bonds. The van der Waals surface area contributed by atoms with Crippen LogP contribution in [-0.4, -0.2) is 60.0 Å². The van der Waals surface area contributed by atoms with Crippen molar-refractivity contribution in [3.63, 3.8) is 0 Å². The van der Waals surface area contributed by atoms with Gasteiger partial charge in [-0.25, -0.2) is 19.3 Å². The van der Waals surface area contributed by atoms with Crippen LogP contribution in [0.2, 0.25) is 5.15 Å². The zero-order valence-corrected chi connectivity index (χ0v) is 20.4. The van der Waals surface area contributed by atoms with Crippen molar-refractivity contribution in [3.05, 3.63) is 47.1 Å². The third-order valence-corrected chi connectivity index (χ3v) is 6.48. The van der Waals surface area contributed by atoms with E-state index in [2.05, 4.69) is 25.3 Å². The molecule has 2 atom stereocenters. The Bertz CT molecular complexity index is 1590. The number of alkyl halides is 4. The molecule has 38 heavy (non-hydrogen) atoms. The summed E-state index contributed by atoms with van der Waals surface area (Å²) in [6.07, 6.45) is -2.69. The number of carbonyl (C=O) groups is 2. The van der Waals surface area contributed by atoms with E-state index in [0.29, 0.717) is 5.52 Å². The number of carbonyl (C=O) groups excluding carboxylic acids is 2. The van der Waals surface area contributed by atoms with E-state index >= 15 is 0 Å². The number of nitrogens with zero attached hydrogens (tertiary/aromatic N) is 6. The Morgan fingerprint density at radius 1 is 1.24 bits per heavy atom. The summed E-state index contributed by atoms with van der Waals surface area (Å²) in [6.45, 7) is 0.691. The van der Waals surface area contributed by atoms with Crippen molar-refractivity contribution in [2.75, 3.05) is 17.6 Å². The van der Waals surface area contributed by atoms with E-state index in [4.69, 9.17) is 17.3 Å². The lowest BCUT2D eigenvalue weighted by atomic mass is 10.1. The minimum absolute atomic E-state index is 0.0298. The summed E-state index contributed by atoms with van der Waals surface area (Å²) in [5.74, 6) is -1.36. The molecule has 0 bridgehead atoms. The maximum atomic E-state index is 14.4. The maximum Gasteiger partial charge on any atom is 0.416 e. The van der Waals surface area contributed by atoms with Gasteiger partial charge in [-0.05, 0) is 24.6 Å². The molecule has 4 aromatic rings. The van der Waals surface area contributed by atoms with Crippen molar-refractivity contribution in [2.45, 2.75) is 38.3 Å². The fraction of sp³-hybridized carbons (Fsp3) is 0.304. The average Bonchev–Trinajstić information content (AvgIpc) is 3.38. The summed E-state index contributed by atoms with van der Waals surface area (Å²) in [6, 6.07) is 0.729. The van der Waals surface area contributed by atoms with E-state index in [1.807, 2.05) is 0 Å². The molecule has 10 nitrogen and oxygen atoms in total. The monoisotopic (exact) mass is 550 g/mol. The van der Waals surface area contributed by atoms with Crippen LogP contribution in [-0.2, 0) is 22.3 Å². The van der Waals surface area contributed by atoms with Gasteiger partial charge in [0.2, 0.25) is 11.8 Å². The van der Waals surface area contributed by atoms with Gasteiger partial charge >= 0.3 is 6.18 Å². The quantitative estimate of drug-likeness (QED) is 0.372. The molecule has 0 unspecified atom stereocenters. The smallest absolute Gasteiger partial charge is 0.383 e. The van der Waals surface area contributed by atoms with Gasteiger partial charge in [0.25, 0.3) is 0 Å². The zero-order chi connectivity index (χ0) is 27.4. The summed E-state index contributed by atoms with van der Waals surface area (Å²) < 4.78 is 56.4. The number of hydrogen-bond acceptors (Lipinski definition) is 7. The predicted octanol–water partition coefficient (Wildman–Crippen LogP) is 3.52. The van der Waals surface area contributed by atoms with Crippen LogP contribution < -0.4 is 11.1 Å². The number of aryl methyl sites for hydroxylation is 1. The van der Waals surface area contributed by atoms with Crippen LogP contribution in [0.3, 0.4) is 0 Å². The first-order valence-electron chi connectivity index (χ1n) is 11.3. The molecule has 15 heteroatoms. The molecule has 1 saturated heterocycles. The standard InChI is InChI=1S/C23H19ClF4N8O2/c1-10-2-11(23(26,27)28)3-13-18-20(29)31-9-32-21(18)36(19(10)13)8-17(37)35-7-12(25)4-14(35)22(38)34-16-6-30-5-15(24)33-16/h2-3,5-6,9,12,14H,4,7-8H2,1H3,(H2,29,31,32)(H,33,34,38)/t12-,14+/m1/s1. The Morgan fingerprint density at radius 2 is 2.00 bits per heavy atom. The highest BCUT2D eigenvalue weighted by Crippen LogP contribution is 2.38. The third kappa shape index (κ3) is 4.55.